The Kier molecular flexibility index (Phi) is 12.8. The zero-order valence-electron chi connectivity index (χ0n) is 10.4. The summed E-state index contributed by atoms with van der Waals surface area (Å²) in [4.78, 5) is 0. The van der Waals surface area contributed by atoms with Crippen LogP contribution >= 0.6 is 0 Å². The van der Waals surface area contributed by atoms with Crippen LogP contribution in [0.2, 0.25) is 0 Å². The van der Waals surface area contributed by atoms with Gasteiger partial charge < -0.3 is 19.7 Å². The molecule has 0 saturated carbocycles. The molecule has 0 aromatic carbocycles. The van der Waals surface area contributed by atoms with Crippen LogP contribution in [0.15, 0.2) is 0 Å². The van der Waals surface area contributed by atoms with E-state index in [0.29, 0.717) is 26.4 Å². The molecule has 0 aliphatic heterocycles. The number of aliphatic hydroxyl groups excluding tert-OH is 2. The van der Waals surface area contributed by atoms with Crippen LogP contribution in [0.25, 0.3) is 0 Å². The first-order chi connectivity index (χ1) is 7.81. The average molecular weight is 234 g/mol. The maximum absolute atomic E-state index is 9.55. The second-order valence-corrected chi connectivity index (χ2v) is 3.91. The lowest BCUT2D eigenvalue weighted by molar-refractivity contribution is -0.00464. The van der Waals surface area contributed by atoms with Gasteiger partial charge in [-0.1, -0.05) is 32.6 Å². The normalized spacial score (nSPS) is 12.9. The molecule has 0 aromatic rings. The van der Waals surface area contributed by atoms with E-state index in [0.717, 1.165) is 12.8 Å². The third-order valence-electron chi connectivity index (χ3n) is 2.31. The van der Waals surface area contributed by atoms with Gasteiger partial charge in [-0.2, -0.15) is 0 Å². The molecular formula is C12H26O4. The second-order valence-electron chi connectivity index (χ2n) is 3.91. The standard InChI is InChI=1S/C12H26O4/c1-2-3-4-5-6-12(14)11-16-10-9-15-8-7-13/h12-14H,2-11H2,1H3. The smallest absolute Gasteiger partial charge is 0.0773 e. The van der Waals surface area contributed by atoms with E-state index in [1.807, 2.05) is 0 Å². The van der Waals surface area contributed by atoms with Crippen LogP contribution in [-0.2, 0) is 9.47 Å². The van der Waals surface area contributed by atoms with Gasteiger partial charge in [0.05, 0.1) is 39.1 Å². The van der Waals surface area contributed by atoms with Crippen LogP contribution in [0, 0.1) is 0 Å². The maximum Gasteiger partial charge on any atom is 0.0773 e. The Labute approximate surface area is 98.6 Å². The molecule has 0 saturated heterocycles. The summed E-state index contributed by atoms with van der Waals surface area (Å²) in [5.41, 5.74) is 0. The molecule has 0 bridgehead atoms. The third kappa shape index (κ3) is 11.9. The van der Waals surface area contributed by atoms with Gasteiger partial charge in [0.25, 0.3) is 0 Å². The Balaban J connectivity index is 3.08. The van der Waals surface area contributed by atoms with Gasteiger partial charge >= 0.3 is 0 Å². The molecule has 4 heteroatoms. The van der Waals surface area contributed by atoms with Gasteiger partial charge in [-0.25, -0.2) is 0 Å². The number of ether oxygens (including phenoxy) is 2. The molecule has 2 N–H and O–H groups in total. The zero-order valence-corrected chi connectivity index (χ0v) is 10.4. The molecule has 0 amide bonds. The molecule has 0 heterocycles. The van der Waals surface area contributed by atoms with Crippen molar-refractivity contribution in [1.82, 2.24) is 0 Å². The quantitative estimate of drug-likeness (QED) is 0.500. The van der Waals surface area contributed by atoms with Crippen molar-refractivity contribution in [1.29, 1.82) is 0 Å². The monoisotopic (exact) mass is 234 g/mol. The van der Waals surface area contributed by atoms with Gasteiger partial charge in [0, 0.05) is 0 Å². The van der Waals surface area contributed by atoms with Crippen LogP contribution in [-0.4, -0.2) is 49.4 Å². The third-order valence-corrected chi connectivity index (χ3v) is 2.31. The molecule has 0 spiro atoms. The number of rotatable bonds is 12. The molecule has 0 aliphatic carbocycles. The number of aliphatic hydroxyl groups is 2. The van der Waals surface area contributed by atoms with Crippen LogP contribution < -0.4 is 0 Å². The first-order valence-electron chi connectivity index (χ1n) is 6.25. The molecule has 4 nitrogen and oxygen atoms in total. The SMILES string of the molecule is CCCCCCC(O)COCCOCCO. The Hall–Kier alpha value is -0.160. The van der Waals surface area contributed by atoms with Crippen LogP contribution in [0.5, 0.6) is 0 Å². The minimum atomic E-state index is -0.352. The van der Waals surface area contributed by atoms with E-state index in [1.54, 1.807) is 0 Å². The Bertz CT molecular complexity index is 130. The fraction of sp³-hybridized carbons (Fsp3) is 1.00. The van der Waals surface area contributed by atoms with E-state index in [9.17, 15) is 5.11 Å². The highest BCUT2D eigenvalue weighted by molar-refractivity contribution is 4.54. The molecule has 0 fully saturated rings. The summed E-state index contributed by atoms with van der Waals surface area (Å²) in [7, 11) is 0. The topological polar surface area (TPSA) is 58.9 Å². The largest absolute Gasteiger partial charge is 0.394 e. The lowest BCUT2D eigenvalue weighted by Gasteiger charge is -2.11. The highest BCUT2D eigenvalue weighted by Crippen LogP contribution is 2.05. The summed E-state index contributed by atoms with van der Waals surface area (Å²) >= 11 is 0. The van der Waals surface area contributed by atoms with Crippen molar-refractivity contribution in [3.05, 3.63) is 0 Å². The van der Waals surface area contributed by atoms with Crippen molar-refractivity contribution in [3.8, 4) is 0 Å². The van der Waals surface area contributed by atoms with Gasteiger partial charge in [-0.05, 0) is 6.42 Å². The van der Waals surface area contributed by atoms with E-state index >= 15 is 0 Å². The lowest BCUT2D eigenvalue weighted by Crippen LogP contribution is -2.17. The van der Waals surface area contributed by atoms with Crippen molar-refractivity contribution in [2.75, 3.05) is 33.0 Å². The van der Waals surface area contributed by atoms with E-state index in [2.05, 4.69) is 6.92 Å². The maximum atomic E-state index is 9.55. The highest BCUT2D eigenvalue weighted by atomic mass is 16.5. The summed E-state index contributed by atoms with van der Waals surface area (Å²) in [6.07, 6.45) is 5.18. The van der Waals surface area contributed by atoms with Gasteiger partial charge in [-0.3, -0.25) is 0 Å². The van der Waals surface area contributed by atoms with Gasteiger partial charge in [-0.15, -0.1) is 0 Å². The number of hydrogen-bond donors (Lipinski definition) is 2. The summed E-state index contributed by atoms with van der Waals surface area (Å²) in [5.74, 6) is 0. The molecule has 98 valence electrons. The minimum Gasteiger partial charge on any atom is -0.394 e. The van der Waals surface area contributed by atoms with Crippen LogP contribution in [0.1, 0.15) is 39.0 Å². The first-order valence-corrected chi connectivity index (χ1v) is 6.25. The van der Waals surface area contributed by atoms with Gasteiger partial charge in [0.2, 0.25) is 0 Å². The zero-order chi connectivity index (χ0) is 12.1. The fourth-order valence-electron chi connectivity index (χ4n) is 1.39. The van der Waals surface area contributed by atoms with Crippen molar-refractivity contribution in [3.63, 3.8) is 0 Å². The molecule has 1 atom stereocenters. The molecular weight excluding hydrogens is 208 g/mol. The van der Waals surface area contributed by atoms with Gasteiger partial charge in [0.15, 0.2) is 0 Å². The molecule has 0 radical (unpaired) electrons. The summed E-state index contributed by atoms with van der Waals surface area (Å²) in [5, 5.41) is 18.0. The predicted octanol–water partition coefficient (Wildman–Crippen LogP) is 1.34. The van der Waals surface area contributed by atoms with Crippen LogP contribution in [0.4, 0.5) is 0 Å². The van der Waals surface area contributed by atoms with Gasteiger partial charge in [0.1, 0.15) is 0 Å². The average Bonchev–Trinajstić information content (AvgIpc) is 2.29. The Morgan fingerprint density at radius 3 is 2.44 bits per heavy atom. The minimum absolute atomic E-state index is 0.0417. The summed E-state index contributed by atoms with van der Waals surface area (Å²) in [6, 6.07) is 0. The molecule has 0 aromatic heterocycles. The van der Waals surface area contributed by atoms with Crippen LogP contribution in [0.3, 0.4) is 0 Å². The fourth-order valence-corrected chi connectivity index (χ4v) is 1.39. The molecule has 0 aliphatic rings. The Morgan fingerprint density at radius 1 is 1.00 bits per heavy atom. The predicted molar refractivity (Wildman–Crippen MR) is 63.5 cm³/mol. The second kappa shape index (κ2) is 12.9. The Morgan fingerprint density at radius 2 is 1.75 bits per heavy atom. The molecule has 1 unspecified atom stereocenters. The summed E-state index contributed by atoms with van der Waals surface area (Å²) in [6.45, 7) is 3.90. The lowest BCUT2D eigenvalue weighted by atomic mass is 10.1. The van der Waals surface area contributed by atoms with Crippen molar-refractivity contribution >= 4 is 0 Å². The van der Waals surface area contributed by atoms with Crippen molar-refractivity contribution in [2.24, 2.45) is 0 Å². The number of hydrogen-bond acceptors (Lipinski definition) is 4. The molecule has 0 rings (SSSR count). The van der Waals surface area contributed by atoms with Crippen molar-refractivity contribution < 1.29 is 19.7 Å². The van der Waals surface area contributed by atoms with E-state index < -0.39 is 0 Å². The number of unbranched alkanes of at least 4 members (excludes halogenated alkanes) is 3. The van der Waals surface area contributed by atoms with E-state index in [-0.39, 0.29) is 12.7 Å². The van der Waals surface area contributed by atoms with E-state index in [4.69, 9.17) is 14.6 Å². The van der Waals surface area contributed by atoms with E-state index in [1.165, 1.54) is 19.3 Å². The molecule has 16 heavy (non-hydrogen) atoms. The first kappa shape index (κ1) is 15.8. The highest BCUT2D eigenvalue weighted by Gasteiger charge is 2.03. The summed E-state index contributed by atoms with van der Waals surface area (Å²) < 4.78 is 10.3. The van der Waals surface area contributed by atoms with Crippen molar-refractivity contribution in [2.45, 2.75) is 45.1 Å².